The first-order chi connectivity index (χ1) is 18.2. The van der Waals surface area contributed by atoms with E-state index in [0.717, 1.165) is 52.1 Å². The highest BCUT2D eigenvalue weighted by atomic mass is 35.5. The lowest BCUT2D eigenvalue weighted by atomic mass is 9.90. The summed E-state index contributed by atoms with van der Waals surface area (Å²) in [4.78, 5) is 25.3. The number of thiophene rings is 1. The summed E-state index contributed by atoms with van der Waals surface area (Å²) >= 11 is 7.57. The predicted molar refractivity (Wildman–Crippen MR) is 147 cm³/mol. The van der Waals surface area contributed by atoms with Crippen molar-refractivity contribution >= 4 is 40.5 Å². The molecule has 4 nitrogen and oxygen atoms in total. The van der Waals surface area contributed by atoms with Crippen molar-refractivity contribution < 1.29 is 23.1 Å². The number of ether oxygens (including phenoxy) is 1. The van der Waals surface area contributed by atoms with Crippen molar-refractivity contribution in [3.63, 3.8) is 0 Å². The fraction of sp³-hybridized carbons (Fsp3) is 0.200. The van der Waals surface area contributed by atoms with Gasteiger partial charge in [-0.05, 0) is 67.1 Å². The van der Waals surface area contributed by atoms with Crippen molar-refractivity contribution in [3.05, 3.63) is 99.9 Å². The Morgan fingerprint density at radius 1 is 0.947 bits per heavy atom. The summed E-state index contributed by atoms with van der Waals surface area (Å²) in [5.74, 6) is -1.28. The highest BCUT2D eigenvalue weighted by Gasteiger charge is 2.48. The second kappa shape index (κ2) is 10.3. The monoisotopic (exact) mass is 551 g/mol. The summed E-state index contributed by atoms with van der Waals surface area (Å²) < 4.78 is 33.0. The molecule has 1 aromatic heterocycles. The largest absolute Gasteiger partial charge is 0.441 e. The first kappa shape index (κ1) is 26.1. The van der Waals surface area contributed by atoms with E-state index in [1.165, 1.54) is 24.3 Å². The molecule has 4 aromatic rings. The minimum Gasteiger partial charge on any atom is -0.441 e. The molecule has 1 amide bonds. The quantitative estimate of drug-likeness (QED) is 0.249. The molecule has 1 aliphatic carbocycles. The van der Waals surface area contributed by atoms with Crippen molar-refractivity contribution in [2.45, 2.75) is 38.2 Å². The van der Waals surface area contributed by atoms with Crippen LogP contribution in [0.4, 0.5) is 19.3 Å². The molecule has 0 radical (unpaired) electrons. The van der Waals surface area contributed by atoms with E-state index in [1.54, 1.807) is 13.0 Å². The van der Waals surface area contributed by atoms with Crippen molar-refractivity contribution in [1.82, 2.24) is 0 Å². The van der Waals surface area contributed by atoms with Gasteiger partial charge in [-0.1, -0.05) is 60.1 Å². The van der Waals surface area contributed by atoms with E-state index in [-0.39, 0.29) is 16.8 Å². The Balaban J connectivity index is 1.30. The fourth-order valence-corrected chi connectivity index (χ4v) is 5.81. The molecule has 0 unspecified atom stereocenters. The van der Waals surface area contributed by atoms with Gasteiger partial charge in [0.05, 0.1) is 20.3 Å². The molecule has 1 fully saturated rings. The Kier molecular flexibility index (Phi) is 7.07. The Morgan fingerprint density at radius 2 is 1.55 bits per heavy atom. The molecular formula is C30H24ClF2NO3S. The summed E-state index contributed by atoms with van der Waals surface area (Å²) in [5.41, 5.74) is 4.21. The van der Waals surface area contributed by atoms with Crippen LogP contribution in [0.3, 0.4) is 0 Å². The molecule has 0 bridgehead atoms. The fourth-order valence-electron chi connectivity index (χ4n) is 4.63. The number of ketones is 1. The third-order valence-corrected chi connectivity index (χ3v) is 8.28. The Labute approximate surface area is 228 Å². The Morgan fingerprint density at radius 3 is 2.13 bits per heavy atom. The van der Waals surface area contributed by atoms with Crippen molar-refractivity contribution in [2.24, 2.45) is 0 Å². The number of hydrogen-bond donors (Lipinski definition) is 1. The van der Waals surface area contributed by atoms with Crippen LogP contribution >= 0.6 is 22.9 Å². The van der Waals surface area contributed by atoms with Gasteiger partial charge in [-0.3, -0.25) is 10.1 Å². The molecular weight excluding hydrogens is 528 g/mol. The van der Waals surface area contributed by atoms with Crippen LogP contribution in [0, 0.1) is 11.6 Å². The predicted octanol–water partition coefficient (Wildman–Crippen LogP) is 8.94. The average molecular weight is 552 g/mol. The smallest absolute Gasteiger partial charge is 0.412 e. The van der Waals surface area contributed by atoms with E-state index in [2.05, 4.69) is 5.32 Å². The number of rotatable bonds is 7. The van der Waals surface area contributed by atoms with Crippen molar-refractivity contribution in [2.75, 3.05) is 5.32 Å². The molecule has 1 N–H and O–H groups in total. The number of hydrogen-bond acceptors (Lipinski definition) is 4. The number of amides is 1. The van der Waals surface area contributed by atoms with Gasteiger partial charge in [0.15, 0.2) is 0 Å². The first-order valence-electron chi connectivity index (χ1n) is 12.1. The summed E-state index contributed by atoms with van der Waals surface area (Å²) in [5, 5.41) is 2.68. The van der Waals surface area contributed by atoms with Crippen molar-refractivity contribution in [1.29, 1.82) is 0 Å². The zero-order chi connectivity index (χ0) is 27.0. The SMILES string of the molecule is CC(=O)C1(c2ccc(-c3ccc(-c4sc(Cl)cc4NC(=O)O[C@H](C)c4ccc(F)cc4F)cc3)cc2)CC1. The molecule has 1 saturated carbocycles. The van der Waals surface area contributed by atoms with Crippen LogP contribution in [0.5, 0.6) is 0 Å². The molecule has 194 valence electrons. The molecule has 3 aromatic carbocycles. The van der Waals surface area contributed by atoms with E-state index in [1.807, 2.05) is 48.5 Å². The number of carbonyl (C=O) groups is 2. The van der Waals surface area contributed by atoms with Gasteiger partial charge in [0, 0.05) is 11.6 Å². The maximum atomic E-state index is 14.0. The van der Waals surface area contributed by atoms with Gasteiger partial charge >= 0.3 is 6.09 Å². The topological polar surface area (TPSA) is 55.4 Å². The molecule has 1 atom stereocenters. The van der Waals surface area contributed by atoms with E-state index in [9.17, 15) is 18.4 Å². The third-order valence-electron chi connectivity index (χ3n) is 6.96. The van der Waals surface area contributed by atoms with Gasteiger partial charge in [-0.25, -0.2) is 13.6 Å². The summed E-state index contributed by atoms with van der Waals surface area (Å²) in [6, 6.07) is 20.7. The number of halogens is 3. The van der Waals surface area contributed by atoms with Gasteiger partial charge < -0.3 is 4.74 Å². The van der Waals surface area contributed by atoms with Gasteiger partial charge in [-0.15, -0.1) is 11.3 Å². The van der Waals surface area contributed by atoms with Crippen LogP contribution in [0.15, 0.2) is 72.8 Å². The summed E-state index contributed by atoms with van der Waals surface area (Å²) in [7, 11) is 0. The van der Waals surface area contributed by atoms with E-state index in [0.29, 0.717) is 10.0 Å². The lowest BCUT2D eigenvalue weighted by Gasteiger charge is -2.15. The lowest BCUT2D eigenvalue weighted by molar-refractivity contribution is -0.119. The zero-order valence-corrected chi connectivity index (χ0v) is 22.3. The number of nitrogens with one attached hydrogen (secondary N) is 1. The molecule has 8 heteroatoms. The van der Waals surface area contributed by atoms with Gasteiger partial charge in [0.2, 0.25) is 0 Å². The van der Waals surface area contributed by atoms with Crippen LogP contribution in [-0.4, -0.2) is 11.9 Å². The van der Waals surface area contributed by atoms with Gasteiger partial charge in [0.1, 0.15) is 23.5 Å². The average Bonchev–Trinajstić information content (AvgIpc) is 3.62. The number of anilines is 1. The molecule has 1 heterocycles. The van der Waals surface area contributed by atoms with Crippen molar-refractivity contribution in [3.8, 4) is 21.6 Å². The van der Waals surface area contributed by atoms with E-state index < -0.39 is 23.8 Å². The van der Waals surface area contributed by atoms with Crippen LogP contribution in [0.2, 0.25) is 4.34 Å². The number of Topliss-reactive ketones (excluding diaryl/α,β-unsaturated/α-hetero) is 1. The lowest BCUT2D eigenvalue weighted by Crippen LogP contribution is -2.16. The van der Waals surface area contributed by atoms with Crippen LogP contribution in [-0.2, 0) is 14.9 Å². The summed E-state index contributed by atoms with van der Waals surface area (Å²) in [6.07, 6.45) is 0.105. The molecule has 38 heavy (non-hydrogen) atoms. The van der Waals surface area contributed by atoms with E-state index in [4.69, 9.17) is 16.3 Å². The molecule has 1 aliphatic rings. The molecule has 0 aliphatic heterocycles. The van der Waals surface area contributed by atoms with Crippen LogP contribution in [0.1, 0.15) is 43.9 Å². The number of carbonyl (C=O) groups excluding carboxylic acids is 2. The minimum absolute atomic E-state index is 0.0716. The Bertz CT molecular complexity index is 1510. The maximum Gasteiger partial charge on any atom is 0.412 e. The molecule has 0 spiro atoms. The minimum atomic E-state index is -0.927. The maximum absolute atomic E-state index is 14.0. The molecule has 5 rings (SSSR count). The second-order valence-corrected chi connectivity index (χ2v) is 11.1. The number of benzene rings is 3. The van der Waals surface area contributed by atoms with Gasteiger partial charge in [-0.2, -0.15) is 0 Å². The van der Waals surface area contributed by atoms with Gasteiger partial charge in [0.25, 0.3) is 0 Å². The highest BCUT2D eigenvalue weighted by molar-refractivity contribution is 7.20. The Hall–Kier alpha value is -3.55. The van der Waals surface area contributed by atoms with Crippen LogP contribution in [0.25, 0.3) is 21.6 Å². The summed E-state index contributed by atoms with van der Waals surface area (Å²) in [6.45, 7) is 3.17. The first-order valence-corrected chi connectivity index (χ1v) is 13.3. The second-order valence-electron chi connectivity index (χ2n) is 9.42. The third kappa shape index (κ3) is 5.22. The zero-order valence-electron chi connectivity index (χ0n) is 20.7. The highest BCUT2D eigenvalue weighted by Crippen LogP contribution is 2.49. The van der Waals surface area contributed by atoms with E-state index >= 15 is 0 Å². The van der Waals surface area contributed by atoms with Crippen LogP contribution < -0.4 is 5.32 Å². The normalized spacial score (nSPS) is 14.6. The standard InChI is InChI=1S/C30H24ClF2NO3S/c1-17(24-12-11-23(32)15-25(24)33)37-29(36)34-26-16-27(31)38-28(26)21-5-3-19(4-6-21)20-7-9-22(10-8-20)30(13-14-30)18(2)35/h3-12,15-17H,13-14H2,1-2H3,(H,34,36)/t17-/m1/s1. The molecule has 0 saturated heterocycles.